The van der Waals surface area contributed by atoms with Crippen LogP contribution >= 0.6 is 0 Å². The number of carbonyl (C=O) groups excluding carboxylic acids is 2. The Hall–Kier alpha value is -4.24. The van der Waals surface area contributed by atoms with E-state index in [1.807, 2.05) is 6.07 Å². The molecule has 4 aromatic carbocycles. The number of allylic oxidation sites excluding steroid dienone is 1. The summed E-state index contributed by atoms with van der Waals surface area (Å²) in [5.74, 6) is -0.389. The summed E-state index contributed by atoms with van der Waals surface area (Å²) in [4.78, 5) is 28.5. The fourth-order valence-corrected chi connectivity index (χ4v) is 6.56. The van der Waals surface area contributed by atoms with E-state index < -0.39 is 0 Å². The monoisotopic (exact) mass is 481 g/mol. The highest BCUT2D eigenvalue weighted by Crippen LogP contribution is 2.59. The van der Waals surface area contributed by atoms with Gasteiger partial charge >= 0.3 is 0 Å². The van der Waals surface area contributed by atoms with Crippen molar-refractivity contribution in [3.05, 3.63) is 129 Å². The predicted octanol–water partition coefficient (Wildman–Crippen LogP) is 7.90. The summed E-state index contributed by atoms with van der Waals surface area (Å²) in [5.41, 5.74) is 10.4. The lowest BCUT2D eigenvalue weighted by atomic mass is 9.66. The molecule has 2 heterocycles. The minimum Gasteiger partial charge on any atom is -0.309 e. The first-order chi connectivity index (χ1) is 17.7. The Morgan fingerprint density at radius 3 is 1.81 bits per heavy atom. The third-order valence-corrected chi connectivity index (χ3v) is 8.58. The first kappa shape index (κ1) is 22.0. The quantitative estimate of drug-likeness (QED) is 0.205. The lowest BCUT2D eigenvalue weighted by molar-refractivity contribution is 0.0990. The lowest BCUT2D eigenvalue weighted by Gasteiger charge is -2.49. The van der Waals surface area contributed by atoms with Crippen LogP contribution in [0.4, 0.5) is 17.1 Å². The molecular formula is C34H27NO2. The van der Waals surface area contributed by atoms with Crippen LogP contribution in [0.15, 0.2) is 90.5 Å². The number of benzene rings is 4. The van der Waals surface area contributed by atoms with Gasteiger partial charge in [-0.1, -0.05) is 94.4 Å². The highest BCUT2D eigenvalue weighted by molar-refractivity contribution is 6.41. The largest absolute Gasteiger partial charge is 0.309 e. The first-order valence-electron chi connectivity index (χ1n) is 12.8. The van der Waals surface area contributed by atoms with Gasteiger partial charge in [-0.2, -0.15) is 0 Å². The smallest absolute Gasteiger partial charge is 0.197 e. The van der Waals surface area contributed by atoms with Crippen LogP contribution in [0.25, 0.3) is 6.08 Å². The van der Waals surface area contributed by atoms with Gasteiger partial charge in [0.2, 0.25) is 0 Å². The van der Waals surface area contributed by atoms with Crippen molar-refractivity contribution in [3.63, 3.8) is 0 Å². The summed E-state index contributed by atoms with van der Waals surface area (Å²) in [6, 6.07) is 28.8. The van der Waals surface area contributed by atoms with Gasteiger partial charge in [0, 0.05) is 22.0 Å². The van der Waals surface area contributed by atoms with Crippen molar-refractivity contribution in [1.29, 1.82) is 0 Å². The Kier molecular flexibility index (Phi) is 4.26. The predicted molar refractivity (Wildman–Crippen MR) is 148 cm³/mol. The molecule has 0 saturated carbocycles. The van der Waals surface area contributed by atoms with Gasteiger partial charge in [0.05, 0.1) is 22.6 Å². The van der Waals surface area contributed by atoms with E-state index in [1.165, 1.54) is 33.6 Å². The molecule has 2 aliphatic heterocycles. The Morgan fingerprint density at radius 2 is 1.14 bits per heavy atom. The molecule has 1 aliphatic carbocycles. The van der Waals surface area contributed by atoms with Crippen LogP contribution in [0, 0.1) is 0 Å². The maximum atomic E-state index is 13.0. The average molecular weight is 482 g/mol. The van der Waals surface area contributed by atoms with Crippen molar-refractivity contribution in [1.82, 2.24) is 0 Å². The molecule has 180 valence electrons. The Balaban J connectivity index is 1.44. The number of carbonyl (C=O) groups is 2. The zero-order chi connectivity index (χ0) is 25.7. The van der Waals surface area contributed by atoms with Crippen LogP contribution < -0.4 is 4.90 Å². The minimum absolute atomic E-state index is 0.116. The summed E-state index contributed by atoms with van der Waals surface area (Å²) in [5, 5.41) is 0. The molecule has 3 aliphatic rings. The van der Waals surface area contributed by atoms with E-state index in [4.69, 9.17) is 0 Å². The van der Waals surface area contributed by atoms with Gasteiger partial charge in [0.25, 0.3) is 0 Å². The molecule has 3 heteroatoms. The fourth-order valence-electron chi connectivity index (χ4n) is 6.56. The number of para-hydroxylation sites is 2. The van der Waals surface area contributed by atoms with Gasteiger partial charge in [-0.15, -0.1) is 0 Å². The average Bonchev–Trinajstić information content (AvgIpc) is 3.13. The summed E-state index contributed by atoms with van der Waals surface area (Å²) < 4.78 is 0. The van der Waals surface area contributed by atoms with Crippen LogP contribution in [-0.4, -0.2) is 11.6 Å². The maximum Gasteiger partial charge on any atom is 0.197 e. The number of nitrogens with zero attached hydrogens (tertiary/aromatic N) is 1. The van der Waals surface area contributed by atoms with Gasteiger partial charge in [-0.05, 0) is 52.1 Å². The number of hydrogen-bond donors (Lipinski definition) is 0. The van der Waals surface area contributed by atoms with Gasteiger partial charge in [0.15, 0.2) is 11.6 Å². The number of hydrogen-bond acceptors (Lipinski definition) is 3. The van der Waals surface area contributed by atoms with Crippen molar-refractivity contribution in [2.45, 2.75) is 38.5 Å². The molecule has 4 aromatic rings. The molecule has 0 spiro atoms. The molecule has 3 nitrogen and oxygen atoms in total. The van der Waals surface area contributed by atoms with Gasteiger partial charge < -0.3 is 4.90 Å². The summed E-state index contributed by atoms with van der Waals surface area (Å²) >= 11 is 0. The number of rotatable bonds is 1. The molecular weight excluding hydrogens is 454 g/mol. The highest BCUT2D eigenvalue weighted by atomic mass is 16.2. The van der Waals surface area contributed by atoms with Crippen molar-refractivity contribution < 1.29 is 9.59 Å². The Morgan fingerprint density at radius 1 is 0.595 bits per heavy atom. The molecule has 37 heavy (non-hydrogen) atoms. The second-order valence-corrected chi connectivity index (χ2v) is 11.3. The van der Waals surface area contributed by atoms with Gasteiger partial charge in [-0.3, -0.25) is 9.59 Å². The van der Waals surface area contributed by atoms with E-state index in [2.05, 4.69) is 87.2 Å². The number of ketones is 2. The number of Topliss-reactive ketones (excluding diaryl/α,β-unsaturated/α-hetero) is 2. The zero-order valence-corrected chi connectivity index (χ0v) is 21.4. The lowest BCUT2D eigenvalue weighted by Crippen LogP contribution is -2.38. The fraction of sp³-hybridized carbons (Fsp3) is 0.176. The molecule has 0 atom stereocenters. The summed E-state index contributed by atoms with van der Waals surface area (Å²) in [6.07, 6.45) is 1.76. The second kappa shape index (κ2) is 7.17. The van der Waals surface area contributed by atoms with Crippen LogP contribution in [0.2, 0.25) is 0 Å². The SMILES string of the molecule is CC1(C)c2ccccc2N2c3ccc(C=C4C(=O)c5ccccc5C4=O)cc3C(C)(C)c3cccc1c32. The normalized spacial score (nSPS) is 17.6. The van der Waals surface area contributed by atoms with Gasteiger partial charge in [-0.25, -0.2) is 0 Å². The summed E-state index contributed by atoms with van der Waals surface area (Å²) in [7, 11) is 0. The first-order valence-corrected chi connectivity index (χ1v) is 12.8. The number of anilines is 3. The Bertz CT molecular complexity index is 1680. The zero-order valence-electron chi connectivity index (χ0n) is 21.4. The van der Waals surface area contributed by atoms with Crippen molar-refractivity contribution in [2.24, 2.45) is 0 Å². The highest BCUT2D eigenvalue weighted by Gasteiger charge is 2.45. The molecule has 0 fully saturated rings. The standard InChI is InChI=1S/C34H27NO2/c1-33(2)24-12-7-8-15-28(24)35-29-17-16-20(18-23-31(36)21-10-5-6-11-22(21)32(23)37)19-27(29)34(3,4)26-14-9-13-25(33)30(26)35/h5-19H,1-4H3. The van der Waals surface area contributed by atoms with E-state index in [0.29, 0.717) is 11.1 Å². The van der Waals surface area contributed by atoms with Crippen LogP contribution in [0.5, 0.6) is 0 Å². The molecule has 0 saturated heterocycles. The van der Waals surface area contributed by atoms with Crippen LogP contribution in [0.1, 0.15) is 76.2 Å². The van der Waals surface area contributed by atoms with Crippen LogP contribution in [-0.2, 0) is 10.8 Å². The van der Waals surface area contributed by atoms with E-state index in [-0.39, 0.29) is 28.0 Å². The molecule has 0 radical (unpaired) electrons. The number of fused-ring (bicyclic) bond motifs is 5. The van der Waals surface area contributed by atoms with Crippen molar-refractivity contribution >= 4 is 34.7 Å². The van der Waals surface area contributed by atoms with Crippen molar-refractivity contribution in [3.8, 4) is 0 Å². The molecule has 0 aromatic heterocycles. The molecule has 7 rings (SSSR count). The summed E-state index contributed by atoms with van der Waals surface area (Å²) in [6.45, 7) is 9.16. The van der Waals surface area contributed by atoms with Crippen LogP contribution in [0.3, 0.4) is 0 Å². The molecule has 0 N–H and O–H groups in total. The topological polar surface area (TPSA) is 37.4 Å². The minimum atomic E-state index is -0.263. The molecule has 0 unspecified atom stereocenters. The third-order valence-electron chi connectivity index (χ3n) is 8.58. The Labute approximate surface area is 217 Å². The van der Waals surface area contributed by atoms with E-state index in [1.54, 1.807) is 30.3 Å². The third kappa shape index (κ3) is 2.77. The molecule has 0 bridgehead atoms. The maximum absolute atomic E-state index is 13.0. The van der Waals surface area contributed by atoms with E-state index in [9.17, 15) is 9.59 Å². The second-order valence-electron chi connectivity index (χ2n) is 11.3. The van der Waals surface area contributed by atoms with E-state index >= 15 is 0 Å². The van der Waals surface area contributed by atoms with E-state index in [0.717, 1.165) is 11.3 Å². The molecule has 0 amide bonds. The van der Waals surface area contributed by atoms with Gasteiger partial charge in [0.1, 0.15) is 0 Å². The van der Waals surface area contributed by atoms with Crippen molar-refractivity contribution in [2.75, 3.05) is 4.90 Å².